The second-order valence-corrected chi connectivity index (χ2v) is 3.22. The van der Waals surface area contributed by atoms with E-state index in [-0.39, 0.29) is 5.56 Å². The molecule has 5 nitrogen and oxygen atoms in total. The van der Waals surface area contributed by atoms with E-state index >= 15 is 0 Å². The van der Waals surface area contributed by atoms with Crippen LogP contribution >= 0.6 is 0 Å². The number of H-pyrrole nitrogens is 1. The first-order valence-corrected chi connectivity index (χ1v) is 4.53. The van der Waals surface area contributed by atoms with E-state index in [9.17, 15) is 4.79 Å². The average molecular weight is 202 g/mol. The molecule has 0 atom stereocenters. The first kappa shape index (κ1) is 9.51. The van der Waals surface area contributed by atoms with Crippen LogP contribution in [0.2, 0.25) is 0 Å². The number of aromatic amines is 1. The van der Waals surface area contributed by atoms with E-state index < -0.39 is 0 Å². The smallest absolute Gasteiger partial charge is 0.251 e. The van der Waals surface area contributed by atoms with Gasteiger partial charge in [0.15, 0.2) is 5.82 Å². The minimum absolute atomic E-state index is 0.172. The second kappa shape index (κ2) is 3.61. The van der Waals surface area contributed by atoms with Crippen LogP contribution in [-0.4, -0.2) is 19.9 Å². The van der Waals surface area contributed by atoms with Crippen molar-refractivity contribution < 1.29 is 0 Å². The predicted octanol–water partition coefficient (Wildman–Crippen LogP) is 0.844. The molecule has 0 aromatic carbocycles. The van der Waals surface area contributed by atoms with Gasteiger partial charge in [0.05, 0.1) is 0 Å². The van der Waals surface area contributed by atoms with E-state index in [0.717, 1.165) is 0 Å². The fraction of sp³-hybridized carbons (Fsp3) is 0.200. The van der Waals surface area contributed by atoms with Gasteiger partial charge in [0, 0.05) is 18.0 Å². The van der Waals surface area contributed by atoms with Crippen molar-refractivity contribution in [3.05, 3.63) is 40.2 Å². The highest BCUT2D eigenvalue weighted by molar-refractivity contribution is 5.47. The van der Waals surface area contributed by atoms with Crippen molar-refractivity contribution in [3.63, 3.8) is 0 Å². The van der Waals surface area contributed by atoms with Crippen LogP contribution < -0.4 is 5.56 Å². The quantitative estimate of drug-likeness (QED) is 0.743. The summed E-state index contributed by atoms with van der Waals surface area (Å²) in [5.74, 6) is 1.13. The Morgan fingerprint density at radius 3 is 2.73 bits per heavy atom. The highest BCUT2D eigenvalue weighted by Crippen LogP contribution is 2.08. The molecule has 0 unspecified atom stereocenters. The summed E-state index contributed by atoms with van der Waals surface area (Å²) in [6, 6.07) is 3.16. The van der Waals surface area contributed by atoms with E-state index in [1.807, 2.05) is 0 Å². The van der Waals surface area contributed by atoms with Crippen LogP contribution in [0.25, 0.3) is 11.5 Å². The molecule has 0 aliphatic heterocycles. The van der Waals surface area contributed by atoms with E-state index in [4.69, 9.17) is 0 Å². The van der Waals surface area contributed by atoms with Crippen LogP contribution in [0.5, 0.6) is 0 Å². The van der Waals surface area contributed by atoms with Crippen LogP contribution in [0.15, 0.2) is 23.1 Å². The summed E-state index contributed by atoms with van der Waals surface area (Å²) in [6.07, 6.45) is 1.64. The highest BCUT2D eigenvalue weighted by atomic mass is 16.1. The molecule has 0 radical (unpaired) electrons. The van der Waals surface area contributed by atoms with Gasteiger partial charge in [0.2, 0.25) is 0 Å². The molecule has 2 rings (SSSR count). The molecule has 0 aliphatic rings. The van der Waals surface area contributed by atoms with Crippen molar-refractivity contribution in [1.29, 1.82) is 0 Å². The number of hydrogen-bond acceptors (Lipinski definition) is 4. The largest absolute Gasteiger partial charge is 0.305 e. The third-order valence-electron chi connectivity index (χ3n) is 1.89. The highest BCUT2D eigenvalue weighted by Gasteiger charge is 2.03. The Hall–Kier alpha value is -2.04. The lowest BCUT2D eigenvalue weighted by molar-refractivity contribution is 1.01. The standard InChI is InChI=1S/C10H10N4O/c1-6-5-9(15)14-10(12-6)8-3-4-11-7(2)13-8/h3-5H,1-2H3,(H,12,14,15). The van der Waals surface area contributed by atoms with Gasteiger partial charge in [-0.05, 0) is 19.9 Å². The molecule has 1 N–H and O–H groups in total. The lowest BCUT2D eigenvalue weighted by Crippen LogP contribution is -2.09. The minimum Gasteiger partial charge on any atom is -0.305 e. The zero-order chi connectivity index (χ0) is 10.8. The van der Waals surface area contributed by atoms with Gasteiger partial charge in [-0.2, -0.15) is 0 Å². The molecular weight excluding hydrogens is 192 g/mol. The summed E-state index contributed by atoms with van der Waals surface area (Å²) in [5, 5.41) is 0. The summed E-state index contributed by atoms with van der Waals surface area (Å²) >= 11 is 0. The Labute approximate surface area is 86.3 Å². The van der Waals surface area contributed by atoms with Crippen LogP contribution in [0.3, 0.4) is 0 Å². The second-order valence-electron chi connectivity index (χ2n) is 3.22. The van der Waals surface area contributed by atoms with Crippen LogP contribution in [-0.2, 0) is 0 Å². The van der Waals surface area contributed by atoms with E-state index in [2.05, 4.69) is 19.9 Å². The van der Waals surface area contributed by atoms with E-state index in [1.54, 1.807) is 26.1 Å². The maximum atomic E-state index is 11.2. The molecule has 0 bridgehead atoms. The Kier molecular flexibility index (Phi) is 2.29. The van der Waals surface area contributed by atoms with Gasteiger partial charge in [-0.3, -0.25) is 4.79 Å². The Morgan fingerprint density at radius 1 is 1.27 bits per heavy atom. The molecule has 0 saturated carbocycles. The Balaban J connectivity index is 2.59. The normalized spacial score (nSPS) is 10.3. The molecule has 15 heavy (non-hydrogen) atoms. The zero-order valence-electron chi connectivity index (χ0n) is 8.48. The molecule has 2 aromatic heterocycles. The summed E-state index contributed by atoms with van der Waals surface area (Å²) in [7, 11) is 0. The molecule has 0 aliphatic carbocycles. The fourth-order valence-corrected chi connectivity index (χ4v) is 1.29. The molecule has 0 saturated heterocycles. The summed E-state index contributed by atoms with van der Waals surface area (Å²) < 4.78 is 0. The van der Waals surface area contributed by atoms with Gasteiger partial charge >= 0.3 is 0 Å². The van der Waals surface area contributed by atoms with Crippen molar-refractivity contribution in [2.24, 2.45) is 0 Å². The summed E-state index contributed by atoms with van der Waals surface area (Å²) in [4.78, 5) is 26.2. The maximum absolute atomic E-state index is 11.2. The number of nitrogens with zero attached hydrogens (tertiary/aromatic N) is 3. The van der Waals surface area contributed by atoms with Crippen molar-refractivity contribution >= 4 is 0 Å². The summed E-state index contributed by atoms with van der Waals surface area (Å²) in [5.41, 5.74) is 1.13. The molecule has 0 amide bonds. The molecule has 0 fully saturated rings. The molecule has 5 heteroatoms. The van der Waals surface area contributed by atoms with Gasteiger partial charge in [-0.15, -0.1) is 0 Å². The summed E-state index contributed by atoms with van der Waals surface area (Å²) in [6.45, 7) is 3.56. The monoisotopic (exact) mass is 202 g/mol. The number of rotatable bonds is 1. The van der Waals surface area contributed by atoms with Gasteiger partial charge in [-0.1, -0.05) is 0 Å². The van der Waals surface area contributed by atoms with Gasteiger partial charge in [0.25, 0.3) is 5.56 Å². The first-order valence-electron chi connectivity index (χ1n) is 4.53. The molecule has 76 valence electrons. The molecular formula is C10H10N4O. The zero-order valence-corrected chi connectivity index (χ0v) is 8.48. The first-order chi connectivity index (χ1) is 7.15. The number of hydrogen-bond donors (Lipinski definition) is 1. The predicted molar refractivity (Wildman–Crippen MR) is 55.4 cm³/mol. The van der Waals surface area contributed by atoms with Crippen LogP contribution in [0.1, 0.15) is 11.5 Å². The Bertz CT molecular complexity index is 547. The van der Waals surface area contributed by atoms with Crippen LogP contribution in [0, 0.1) is 13.8 Å². The van der Waals surface area contributed by atoms with Gasteiger partial charge < -0.3 is 4.98 Å². The van der Waals surface area contributed by atoms with Crippen molar-refractivity contribution in [3.8, 4) is 11.5 Å². The lowest BCUT2D eigenvalue weighted by atomic mass is 10.3. The van der Waals surface area contributed by atoms with Crippen molar-refractivity contribution in [2.45, 2.75) is 13.8 Å². The lowest BCUT2D eigenvalue weighted by Gasteiger charge is -2.00. The van der Waals surface area contributed by atoms with Crippen LogP contribution in [0.4, 0.5) is 0 Å². The minimum atomic E-state index is -0.172. The van der Waals surface area contributed by atoms with Gasteiger partial charge in [-0.25, -0.2) is 15.0 Å². The number of aromatic nitrogens is 4. The van der Waals surface area contributed by atoms with Crippen molar-refractivity contribution in [1.82, 2.24) is 19.9 Å². The molecule has 2 aromatic rings. The van der Waals surface area contributed by atoms with E-state index in [1.165, 1.54) is 6.07 Å². The van der Waals surface area contributed by atoms with E-state index in [0.29, 0.717) is 23.0 Å². The van der Waals surface area contributed by atoms with Crippen molar-refractivity contribution in [2.75, 3.05) is 0 Å². The average Bonchev–Trinajstić information content (AvgIpc) is 2.16. The van der Waals surface area contributed by atoms with Gasteiger partial charge in [0.1, 0.15) is 11.5 Å². The SMILES string of the molecule is Cc1cc(=O)[nH]c(-c2ccnc(C)n2)n1. The topological polar surface area (TPSA) is 71.5 Å². The number of aryl methyl sites for hydroxylation is 2. The number of nitrogens with one attached hydrogen (secondary N) is 1. The third-order valence-corrected chi connectivity index (χ3v) is 1.89. The third kappa shape index (κ3) is 2.07. The maximum Gasteiger partial charge on any atom is 0.251 e. The fourth-order valence-electron chi connectivity index (χ4n) is 1.29. The molecule has 0 spiro atoms. The molecule has 2 heterocycles. The Morgan fingerprint density at radius 2 is 2.07 bits per heavy atom.